The standard InChI is InChI=1S/C19H18N2O5/c1-2-24-19(23)21-20-18(22)17-15(12-25-13-8-4-3-5-9-13)14-10-6-7-11-16(14)26-17/h3-11H,2,12H2,1H3,(H,20,22)(H,21,23). The molecule has 3 aromatic rings. The second kappa shape index (κ2) is 8.06. The number of hydrogen-bond donors (Lipinski definition) is 2. The van der Waals surface area contributed by atoms with Crippen LogP contribution in [0.15, 0.2) is 59.0 Å². The van der Waals surface area contributed by atoms with Crippen molar-refractivity contribution in [2.45, 2.75) is 13.5 Å². The van der Waals surface area contributed by atoms with Gasteiger partial charge in [0.1, 0.15) is 17.9 Å². The van der Waals surface area contributed by atoms with E-state index in [-0.39, 0.29) is 19.0 Å². The van der Waals surface area contributed by atoms with Crippen molar-refractivity contribution < 1.29 is 23.5 Å². The van der Waals surface area contributed by atoms with Crippen molar-refractivity contribution in [3.05, 3.63) is 65.9 Å². The molecule has 134 valence electrons. The molecule has 2 N–H and O–H groups in total. The van der Waals surface area contributed by atoms with Crippen LogP contribution < -0.4 is 15.6 Å². The van der Waals surface area contributed by atoms with Crippen LogP contribution in [0.4, 0.5) is 4.79 Å². The predicted molar refractivity (Wildman–Crippen MR) is 94.6 cm³/mol. The quantitative estimate of drug-likeness (QED) is 0.686. The molecule has 26 heavy (non-hydrogen) atoms. The third kappa shape index (κ3) is 3.94. The highest BCUT2D eigenvalue weighted by molar-refractivity contribution is 5.99. The van der Waals surface area contributed by atoms with Gasteiger partial charge in [-0.25, -0.2) is 10.2 Å². The molecule has 1 heterocycles. The van der Waals surface area contributed by atoms with Crippen molar-refractivity contribution in [2.75, 3.05) is 6.61 Å². The van der Waals surface area contributed by atoms with E-state index >= 15 is 0 Å². The molecule has 0 saturated carbocycles. The maximum Gasteiger partial charge on any atom is 0.426 e. The Labute approximate surface area is 149 Å². The Bertz CT molecular complexity index is 905. The normalized spacial score (nSPS) is 10.3. The zero-order chi connectivity index (χ0) is 18.4. The first kappa shape index (κ1) is 17.3. The Morgan fingerprint density at radius 1 is 1.00 bits per heavy atom. The second-order valence-electron chi connectivity index (χ2n) is 5.31. The van der Waals surface area contributed by atoms with Crippen molar-refractivity contribution in [1.29, 1.82) is 0 Å². The molecule has 0 radical (unpaired) electrons. The number of benzene rings is 2. The third-order valence-corrected chi connectivity index (χ3v) is 3.58. The van der Waals surface area contributed by atoms with Crippen LogP contribution in [0.25, 0.3) is 11.0 Å². The van der Waals surface area contributed by atoms with E-state index in [1.54, 1.807) is 13.0 Å². The fourth-order valence-corrected chi connectivity index (χ4v) is 2.43. The van der Waals surface area contributed by atoms with Crippen molar-refractivity contribution in [3.63, 3.8) is 0 Å². The molecule has 2 amide bonds. The Balaban J connectivity index is 1.82. The van der Waals surface area contributed by atoms with Gasteiger partial charge in [0.05, 0.1) is 6.61 Å². The average molecular weight is 354 g/mol. The van der Waals surface area contributed by atoms with E-state index in [0.717, 1.165) is 5.39 Å². The van der Waals surface area contributed by atoms with Gasteiger partial charge in [0.25, 0.3) is 0 Å². The molecular formula is C19H18N2O5. The van der Waals surface area contributed by atoms with Crippen LogP contribution >= 0.6 is 0 Å². The Morgan fingerprint density at radius 3 is 2.50 bits per heavy atom. The van der Waals surface area contributed by atoms with Gasteiger partial charge < -0.3 is 13.9 Å². The highest BCUT2D eigenvalue weighted by Crippen LogP contribution is 2.27. The van der Waals surface area contributed by atoms with Crippen LogP contribution in [0.3, 0.4) is 0 Å². The lowest BCUT2D eigenvalue weighted by Crippen LogP contribution is -2.42. The number of para-hydroxylation sites is 2. The summed E-state index contributed by atoms with van der Waals surface area (Å²) < 4.78 is 16.1. The van der Waals surface area contributed by atoms with Gasteiger partial charge >= 0.3 is 12.0 Å². The molecular weight excluding hydrogens is 336 g/mol. The average Bonchev–Trinajstić information content (AvgIpc) is 3.04. The van der Waals surface area contributed by atoms with E-state index in [1.165, 1.54) is 0 Å². The third-order valence-electron chi connectivity index (χ3n) is 3.58. The second-order valence-corrected chi connectivity index (χ2v) is 5.31. The molecule has 7 nitrogen and oxygen atoms in total. The molecule has 0 unspecified atom stereocenters. The molecule has 0 aliphatic carbocycles. The first-order valence-electron chi connectivity index (χ1n) is 8.10. The number of amides is 2. The molecule has 0 saturated heterocycles. The first-order chi connectivity index (χ1) is 12.7. The van der Waals surface area contributed by atoms with Crippen LogP contribution in [0, 0.1) is 0 Å². The highest BCUT2D eigenvalue weighted by atomic mass is 16.6. The largest absolute Gasteiger partial charge is 0.489 e. The van der Waals surface area contributed by atoms with Gasteiger partial charge in [-0.3, -0.25) is 10.2 Å². The van der Waals surface area contributed by atoms with Crippen molar-refractivity contribution in [2.24, 2.45) is 0 Å². The number of hydrazine groups is 1. The molecule has 0 spiro atoms. The van der Waals surface area contributed by atoms with E-state index in [2.05, 4.69) is 10.9 Å². The lowest BCUT2D eigenvalue weighted by molar-refractivity contribution is 0.0884. The minimum Gasteiger partial charge on any atom is -0.489 e. The lowest BCUT2D eigenvalue weighted by atomic mass is 10.1. The van der Waals surface area contributed by atoms with Crippen LogP contribution in [0.1, 0.15) is 23.0 Å². The minimum atomic E-state index is -0.751. The number of nitrogens with one attached hydrogen (secondary N) is 2. The van der Waals surface area contributed by atoms with Crippen molar-refractivity contribution in [3.8, 4) is 5.75 Å². The van der Waals surface area contributed by atoms with Gasteiger partial charge in [-0.1, -0.05) is 36.4 Å². The number of fused-ring (bicyclic) bond motifs is 1. The van der Waals surface area contributed by atoms with E-state index in [0.29, 0.717) is 16.9 Å². The summed E-state index contributed by atoms with van der Waals surface area (Å²) in [6.45, 7) is 2.01. The van der Waals surface area contributed by atoms with Gasteiger partial charge in [0.15, 0.2) is 0 Å². The predicted octanol–water partition coefficient (Wildman–Crippen LogP) is 3.40. The van der Waals surface area contributed by atoms with Crippen molar-refractivity contribution >= 4 is 23.0 Å². The van der Waals surface area contributed by atoms with Crippen molar-refractivity contribution in [1.82, 2.24) is 10.9 Å². The van der Waals surface area contributed by atoms with Crippen LogP contribution in [-0.4, -0.2) is 18.6 Å². The number of carbonyl (C=O) groups is 2. The van der Waals surface area contributed by atoms with Gasteiger partial charge in [-0.2, -0.15) is 0 Å². The topological polar surface area (TPSA) is 89.8 Å². The molecule has 1 aromatic heterocycles. The summed E-state index contributed by atoms with van der Waals surface area (Å²) in [5, 5.41) is 0.768. The van der Waals surface area contributed by atoms with E-state index in [4.69, 9.17) is 13.9 Å². The molecule has 0 bridgehead atoms. The maximum atomic E-state index is 12.4. The summed E-state index contributed by atoms with van der Waals surface area (Å²) in [6, 6.07) is 16.5. The zero-order valence-electron chi connectivity index (χ0n) is 14.2. The molecule has 0 aliphatic heterocycles. The number of furan rings is 1. The van der Waals surface area contributed by atoms with E-state index < -0.39 is 12.0 Å². The molecule has 7 heteroatoms. The summed E-state index contributed by atoms with van der Waals surface area (Å²) in [6.07, 6.45) is -0.751. The van der Waals surface area contributed by atoms with Gasteiger partial charge in [0, 0.05) is 10.9 Å². The van der Waals surface area contributed by atoms with E-state index in [1.807, 2.05) is 48.5 Å². The number of carbonyl (C=O) groups excluding carboxylic acids is 2. The van der Waals surface area contributed by atoms with Crippen LogP contribution in [0.5, 0.6) is 5.75 Å². The van der Waals surface area contributed by atoms with Gasteiger partial charge in [-0.15, -0.1) is 0 Å². The summed E-state index contributed by atoms with van der Waals surface area (Å²) in [4.78, 5) is 23.8. The smallest absolute Gasteiger partial charge is 0.426 e. The molecule has 0 fully saturated rings. The zero-order valence-corrected chi connectivity index (χ0v) is 14.2. The molecule has 0 aliphatic rings. The van der Waals surface area contributed by atoms with E-state index in [9.17, 15) is 9.59 Å². The maximum absolute atomic E-state index is 12.4. The fourth-order valence-electron chi connectivity index (χ4n) is 2.43. The number of hydrogen-bond acceptors (Lipinski definition) is 5. The SMILES string of the molecule is CCOC(=O)NNC(=O)c1oc2ccccc2c1COc1ccccc1. The van der Waals surface area contributed by atoms with Crippen LogP contribution in [0.2, 0.25) is 0 Å². The summed E-state index contributed by atoms with van der Waals surface area (Å²) in [7, 11) is 0. The Morgan fingerprint density at radius 2 is 1.73 bits per heavy atom. The molecule has 0 atom stereocenters. The first-order valence-corrected chi connectivity index (χ1v) is 8.10. The lowest BCUT2D eigenvalue weighted by Gasteiger charge is -2.08. The van der Waals surface area contributed by atoms with Gasteiger partial charge in [-0.05, 0) is 25.1 Å². The Kier molecular flexibility index (Phi) is 5.38. The number of ether oxygens (including phenoxy) is 2. The summed E-state index contributed by atoms with van der Waals surface area (Å²) >= 11 is 0. The molecule has 2 aromatic carbocycles. The van der Waals surface area contributed by atoms with Gasteiger partial charge in [0.2, 0.25) is 5.76 Å². The Hall–Kier alpha value is -3.48. The highest BCUT2D eigenvalue weighted by Gasteiger charge is 2.21. The fraction of sp³-hybridized carbons (Fsp3) is 0.158. The minimum absolute atomic E-state index is 0.0685. The molecule has 3 rings (SSSR count). The van der Waals surface area contributed by atoms with Crippen LogP contribution in [-0.2, 0) is 11.3 Å². The monoisotopic (exact) mass is 354 g/mol. The summed E-state index contributed by atoms with van der Waals surface area (Å²) in [5.41, 5.74) is 5.58. The number of rotatable bonds is 5. The summed E-state index contributed by atoms with van der Waals surface area (Å²) in [5.74, 6) is 0.147.